The average Bonchev–Trinajstić information content (AvgIpc) is 1.85. The van der Waals surface area contributed by atoms with Gasteiger partial charge in [0.1, 0.15) is 6.04 Å². The summed E-state index contributed by atoms with van der Waals surface area (Å²) in [6.45, 7) is 1.57. The molecule has 2 unspecified atom stereocenters. The van der Waals surface area contributed by atoms with Crippen molar-refractivity contribution in [2.24, 2.45) is 5.73 Å². The number of rotatable bonds is 3. The fourth-order valence-electron chi connectivity index (χ4n) is 0.615. The first-order chi connectivity index (χ1) is 4.57. The molecule has 0 saturated heterocycles. The minimum absolute atomic E-state index is 0. The molecule has 0 aromatic carbocycles. The van der Waals surface area contributed by atoms with Crippen LogP contribution in [0.2, 0.25) is 0 Å². The first kappa shape index (κ1) is 13.3. The lowest BCUT2D eigenvalue weighted by atomic mass is 10.1. The first-order valence-electron chi connectivity index (χ1n) is 3.09. The third-order valence-corrected chi connectivity index (χ3v) is 1.10. The predicted molar refractivity (Wildman–Crippen MR) is 43.5 cm³/mol. The summed E-state index contributed by atoms with van der Waals surface area (Å²) < 4.78 is 4.34. The van der Waals surface area contributed by atoms with E-state index < -0.39 is 18.1 Å². The number of carbonyl (C=O) groups excluding carboxylic acids is 1. The zero-order chi connectivity index (χ0) is 8.15. The average molecular weight is 184 g/mol. The van der Waals surface area contributed by atoms with Crippen molar-refractivity contribution in [3.05, 3.63) is 0 Å². The number of ether oxygens (including phenoxy) is 1. The number of esters is 1. The zero-order valence-corrected chi connectivity index (χ0v) is 7.43. The van der Waals surface area contributed by atoms with Gasteiger partial charge < -0.3 is 15.6 Å². The maximum atomic E-state index is 10.6. The van der Waals surface area contributed by atoms with Crippen molar-refractivity contribution < 1.29 is 14.6 Å². The molecule has 2 atom stereocenters. The standard InChI is InChI=1S/C6H13NO3.ClH/c1-4(8)3-5(7)6(9)10-2;/h4-5,8H,3,7H2,1-2H3;1H. The molecule has 0 spiro atoms. The summed E-state index contributed by atoms with van der Waals surface area (Å²) in [6, 6.07) is -0.704. The highest BCUT2D eigenvalue weighted by Gasteiger charge is 2.15. The van der Waals surface area contributed by atoms with Crippen molar-refractivity contribution in [1.29, 1.82) is 0 Å². The van der Waals surface area contributed by atoms with Crippen LogP contribution in [0.3, 0.4) is 0 Å². The second-order valence-electron chi connectivity index (χ2n) is 2.21. The molecule has 5 heteroatoms. The molecule has 0 bridgehead atoms. The van der Waals surface area contributed by atoms with E-state index in [2.05, 4.69) is 4.74 Å². The lowest BCUT2D eigenvalue weighted by Gasteiger charge is -2.09. The molecule has 0 saturated carbocycles. The molecule has 0 heterocycles. The lowest BCUT2D eigenvalue weighted by molar-refractivity contribution is -0.142. The number of aliphatic hydroxyl groups excluding tert-OH is 1. The van der Waals surface area contributed by atoms with E-state index in [1.165, 1.54) is 7.11 Å². The van der Waals surface area contributed by atoms with Crippen LogP contribution in [0.1, 0.15) is 13.3 Å². The molecular weight excluding hydrogens is 170 g/mol. The monoisotopic (exact) mass is 183 g/mol. The summed E-state index contributed by atoms with van der Waals surface area (Å²) >= 11 is 0. The van der Waals surface area contributed by atoms with Crippen molar-refractivity contribution >= 4 is 18.4 Å². The Bertz CT molecular complexity index is 118. The first-order valence-corrected chi connectivity index (χ1v) is 3.09. The van der Waals surface area contributed by atoms with Gasteiger partial charge in [0.15, 0.2) is 0 Å². The number of aliphatic hydroxyl groups is 1. The molecule has 0 aromatic rings. The van der Waals surface area contributed by atoms with Gasteiger partial charge in [-0.1, -0.05) is 0 Å². The van der Waals surface area contributed by atoms with Crippen molar-refractivity contribution in [3.63, 3.8) is 0 Å². The van der Waals surface area contributed by atoms with Crippen molar-refractivity contribution in [2.75, 3.05) is 7.11 Å². The molecule has 0 rings (SSSR count). The van der Waals surface area contributed by atoms with Crippen molar-refractivity contribution in [2.45, 2.75) is 25.5 Å². The number of hydrogen-bond acceptors (Lipinski definition) is 4. The third-order valence-electron chi connectivity index (χ3n) is 1.10. The maximum Gasteiger partial charge on any atom is 0.322 e. The van der Waals surface area contributed by atoms with Gasteiger partial charge in [0, 0.05) is 0 Å². The molecule has 68 valence electrons. The summed E-state index contributed by atoms with van der Waals surface area (Å²) in [5.74, 6) is -0.485. The fourth-order valence-corrected chi connectivity index (χ4v) is 0.615. The highest BCUT2D eigenvalue weighted by molar-refractivity contribution is 5.85. The van der Waals surface area contributed by atoms with Crippen LogP contribution >= 0.6 is 12.4 Å². The molecule has 3 N–H and O–H groups in total. The normalized spacial score (nSPS) is 14.5. The van der Waals surface area contributed by atoms with E-state index in [4.69, 9.17) is 10.8 Å². The highest BCUT2D eigenvalue weighted by Crippen LogP contribution is 1.95. The van der Waals surface area contributed by atoms with Crippen LogP contribution in [0.5, 0.6) is 0 Å². The van der Waals surface area contributed by atoms with Gasteiger partial charge in [0.25, 0.3) is 0 Å². The van der Waals surface area contributed by atoms with E-state index >= 15 is 0 Å². The Hall–Kier alpha value is -0.320. The second kappa shape index (κ2) is 6.39. The Kier molecular flexibility index (Phi) is 7.72. The SMILES string of the molecule is COC(=O)C(N)CC(C)O.Cl. The minimum Gasteiger partial charge on any atom is -0.468 e. The Morgan fingerprint density at radius 3 is 2.45 bits per heavy atom. The molecule has 0 fully saturated rings. The molecule has 0 radical (unpaired) electrons. The van der Waals surface area contributed by atoms with Gasteiger partial charge in [-0.25, -0.2) is 0 Å². The van der Waals surface area contributed by atoms with Gasteiger partial charge in [0.2, 0.25) is 0 Å². The Morgan fingerprint density at radius 1 is 1.73 bits per heavy atom. The summed E-state index contributed by atoms with van der Waals surface area (Å²) in [4.78, 5) is 10.6. The molecule has 0 aliphatic heterocycles. The maximum absolute atomic E-state index is 10.6. The molecular formula is C6H14ClNO3. The quantitative estimate of drug-likeness (QED) is 0.589. The van der Waals surface area contributed by atoms with Crippen LogP contribution in [-0.2, 0) is 9.53 Å². The van der Waals surface area contributed by atoms with Gasteiger partial charge in [0.05, 0.1) is 13.2 Å². The molecule has 0 aliphatic carbocycles. The smallest absolute Gasteiger partial charge is 0.322 e. The highest BCUT2D eigenvalue weighted by atomic mass is 35.5. The fraction of sp³-hybridized carbons (Fsp3) is 0.833. The number of methoxy groups -OCH3 is 1. The summed E-state index contributed by atoms with van der Waals surface area (Å²) in [7, 11) is 1.27. The van der Waals surface area contributed by atoms with E-state index in [0.29, 0.717) is 0 Å². The summed E-state index contributed by atoms with van der Waals surface area (Å²) in [5.41, 5.74) is 5.29. The van der Waals surface area contributed by atoms with Gasteiger partial charge in [-0.2, -0.15) is 0 Å². The van der Waals surface area contributed by atoms with E-state index in [1.54, 1.807) is 6.92 Å². The Morgan fingerprint density at radius 2 is 2.18 bits per heavy atom. The van der Waals surface area contributed by atoms with Crippen molar-refractivity contribution in [1.82, 2.24) is 0 Å². The largest absolute Gasteiger partial charge is 0.468 e. The molecule has 11 heavy (non-hydrogen) atoms. The number of halogens is 1. The molecule has 4 nitrogen and oxygen atoms in total. The van der Waals surface area contributed by atoms with Gasteiger partial charge in [-0.3, -0.25) is 4.79 Å². The van der Waals surface area contributed by atoms with Crippen LogP contribution < -0.4 is 5.73 Å². The van der Waals surface area contributed by atoms with Crippen molar-refractivity contribution in [3.8, 4) is 0 Å². The Balaban J connectivity index is 0. The zero-order valence-electron chi connectivity index (χ0n) is 6.61. The second-order valence-corrected chi connectivity index (χ2v) is 2.21. The molecule has 0 aromatic heterocycles. The number of hydrogen-bond donors (Lipinski definition) is 2. The number of carbonyl (C=O) groups is 1. The van der Waals surface area contributed by atoms with E-state index in [0.717, 1.165) is 0 Å². The van der Waals surface area contributed by atoms with Crippen LogP contribution in [-0.4, -0.2) is 30.3 Å². The predicted octanol–water partition coefficient (Wildman–Crippen LogP) is -0.321. The van der Waals surface area contributed by atoms with Crippen LogP contribution in [0.15, 0.2) is 0 Å². The van der Waals surface area contributed by atoms with Crippen LogP contribution in [0.25, 0.3) is 0 Å². The Labute approximate surface area is 72.1 Å². The topological polar surface area (TPSA) is 72.5 Å². The molecule has 0 amide bonds. The third kappa shape index (κ3) is 6.09. The van der Waals surface area contributed by atoms with Crippen LogP contribution in [0, 0.1) is 0 Å². The van der Waals surface area contributed by atoms with Crippen LogP contribution in [0.4, 0.5) is 0 Å². The summed E-state index contributed by atoms with van der Waals surface area (Å²) in [6.07, 6.45) is -0.318. The van der Waals surface area contributed by atoms with Gasteiger partial charge in [-0.05, 0) is 13.3 Å². The van der Waals surface area contributed by atoms with E-state index in [9.17, 15) is 4.79 Å². The van der Waals surface area contributed by atoms with Gasteiger partial charge in [-0.15, -0.1) is 12.4 Å². The summed E-state index contributed by atoms with van der Waals surface area (Å²) in [5, 5.41) is 8.78. The van der Waals surface area contributed by atoms with E-state index in [1.807, 2.05) is 0 Å². The minimum atomic E-state index is -0.704. The molecule has 0 aliphatic rings. The van der Waals surface area contributed by atoms with E-state index in [-0.39, 0.29) is 18.8 Å². The van der Waals surface area contributed by atoms with Gasteiger partial charge >= 0.3 is 5.97 Å². The lowest BCUT2D eigenvalue weighted by Crippen LogP contribution is -2.34. The number of nitrogens with two attached hydrogens (primary N) is 1.